The van der Waals surface area contributed by atoms with Gasteiger partial charge in [-0.05, 0) is 11.1 Å². The smallest absolute Gasteiger partial charge is 0.256 e. The summed E-state index contributed by atoms with van der Waals surface area (Å²) < 4.78 is 0. The lowest BCUT2D eigenvalue weighted by Crippen LogP contribution is -2.35. The highest BCUT2D eigenvalue weighted by Gasteiger charge is 2.21. The summed E-state index contributed by atoms with van der Waals surface area (Å²) in [6.45, 7) is 2.76. The molecule has 0 bridgehead atoms. The van der Waals surface area contributed by atoms with E-state index >= 15 is 0 Å². The summed E-state index contributed by atoms with van der Waals surface area (Å²) in [6, 6.07) is 20.0. The van der Waals surface area contributed by atoms with Gasteiger partial charge in [-0.2, -0.15) is 0 Å². The number of aromatic nitrogens is 2. The van der Waals surface area contributed by atoms with Crippen molar-refractivity contribution >= 4 is 17.7 Å². The maximum absolute atomic E-state index is 12.6. The molecule has 154 valence electrons. The van der Waals surface area contributed by atoms with Crippen LogP contribution in [-0.4, -0.2) is 33.1 Å². The van der Waals surface area contributed by atoms with Crippen molar-refractivity contribution < 1.29 is 4.79 Å². The first kappa shape index (κ1) is 20.4. The van der Waals surface area contributed by atoms with Crippen molar-refractivity contribution in [2.24, 2.45) is 0 Å². The molecule has 0 atom stereocenters. The van der Waals surface area contributed by atoms with Gasteiger partial charge in [0.05, 0.1) is 17.0 Å². The zero-order chi connectivity index (χ0) is 20.8. The predicted molar refractivity (Wildman–Crippen MR) is 118 cm³/mol. The number of nitrogens with zero attached hydrogens (tertiary/aromatic N) is 2. The number of thioether (sulfide) groups is 1. The van der Waals surface area contributed by atoms with Crippen molar-refractivity contribution in [3.8, 4) is 0 Å². The summed E-state index contributed by atoms with van der Waals surface area (Å²) in [5.74, 6) is 0.132. The number of hydrogen-bond acceptors (Lipinski definition) is 5. The van der Waals surface area contributed by atoms with E-state index in [2.05, 4.69) is 32.3 Å². The molecule has 0 saturated carbocycles. The molecule has 30 heavy (non-hydrogen) atoms. The van der Waals surface area contributed by atoms with Crippen LogP contribution in [0.3, 0.4) is 0 Å². The van der Waals surface area contributed by atoms with Gasteiger partial charge in [0.1, 0.15) is 0 Å². The highest BCUT2D eigenvalue weighted by Crippen LogP contribution is 2.19. The largest absolute Gasteiger partial charge is 0.351 e. The van der Waals surface area contributed by atoms with E-state index in [9.17, 15) is 9.59 Å². The number of benzene rings is 2. The van der Waals surface area contributed by atoms with E-state index in [1.54, 1.807) is 0 Å². The Hall–Kier alpha value is -2.90. The summed E-state index contributed by atoms with van der Waals surface area (Å²) in [7, 11) is 0. The molecular weight excluding hydrogens is 396 g/mol. The SMILES string of the molecule is O=C(CSc1nc2c(c(=O)[nH]1)CN(Cc1ccccc1)CC2)NCc1ccccc1. The molecule has 0 aliphatic carbocycles. The first-order valence-electron chi connectivity index (χ1n) is 9.99. The van der Waals surface area contributed by atoms with E-state index < -0.39 is 0 Å². The molecular formula is C23H24N4O2S. The molecule has 3 aromatic rings. The van der Waals surface area contributed by atoms with Gasteiger partial charge in [0, 0.05) is 32.6 Å². The Labute approximate surface area is 179 Å². The molecule has 0 radical (unpaired) electrons. The maximum atomic E-state index is 12.6. The van der Waals surface area contributed by atoms with Crippen molar-refractivity contribution in [3.63, 3.8) is 0 Å². The fourth-order valence-electron chi connectivity index (χ4n) is 3.48. The fourth-order valence-corrected chi connectivity index (χ4v) is 4.19. The number of amides is 1. The Morgan fingerprint density at radius 2 is 1.77 bits per heavy atom. The van der Waals surface area contributed by atoms with E-state index in [1.807, 2.05) is 48.5 Å². The van der Waals surface area contributed by atoms with Crippen molar-refractivity contribution in [2.75, 3.05) is 12.3 Å². The summed E-state index contributed by atoms with van der Waals surface area (Å²) in [6.07, 6.45) is 0.736. The van der Waals surface area contributed by atoms with Gasteiger partial charge in [-0.1, -0.05) is 72.4 Å². The van der Waals surface area contributed by atoms with Gasteiger partial charge in [0.15, 0.2) is 5.16 Å². The van der Waals surface area contributed by atoms with Gasteiger partial charge >= 0.3 is 0 Å². The summed E-state index contributed by atoms with van der Waals surface area (Å²) in [4.78, 5) is 34.4. The third kappa shape index (κ3) is 5.37. The van der Waals surface area contributed by atoms with Crippen LogP contribution in [0.2, 0.25) is 0 Å². The first-order valence-corrected chi connectivity index (χ1v) is 11.0. The highest BCUT2D eigenvalue weighted by molar-refractivity contribution is 7.99. The first-order chi connectivity index (χ1) is 14.7. The van der Waals surface area contributed by atoms with Crippen molar-refractivity contribution in [1.82, 2.24) is 20.2 Å². The number of aromatic amines is 1. The average Bonchev–Trinajstić information content (AvgIpc) is 2.78. The number of nitrogens with one attached hydrogen (secondary N) is 2. The number of hydrogen-bond donors (Lipinski definition) is 2. The Kier molecular flexibility index (Phi) is 6.61. The van der Waals surface area contributed by atoms with Gasteiger partial charge in [-0.25, -0.2) is 4.98 Å². The van der Waals surface area contributed by atoms with Crippen LogP contribution < -0.4 is 10.9 Å². The Bertz CT molecular complexity index is 1050. The van der Waals surface area contributed by atoms with Crippen molar-refractivity contribution in [2.45, 2.75) is 31.2 Å². The van der Waals surface area contributed by atoms with Gasteiger partial charge in [0.25, 0.3) is 5.56 Å². The monoisotopic (exact) mass is 420 g/mol. The normalized spacial score (nSPS) is 13.6. The zero-order valence-corrected chi connectivity index (χ0v) is 17.5. The van der Waals surface area contributed by atoms with Gasteiger partial charge < -0.3 is 10.3 Å². The number of fused-ring (bicyclic) bond motifs is 1. The minimum Gasteiger partial charge on any atom is -0.351 e. The lowest BCUT2D eigenvalue weighted by Gasteiger charge is -2.27. The van der Waals surface area contributed by atoms with Crippen LogP contribution in [0, 0.1) is 0 Å². The van der Waals surface area contributed by atoms with E-state index in [-0.39, 0.29) is 17.2 Å². The molecule has 0 saturated heterocycles. The molecule has 7 heteroatoms. The predicted octanol–water partition coefficient (Wildman–Crippen LogP) is 2.74. The quantitative estimate of drug-likeness (QED) is 0.454. The molecule has 4 rings (SSSR count). The number of carbonyl (C=O) groups excluding carboxylic acids is 1. The summed E-state index contributed by atoms with van der Waals surface area (Å²) in [5, 5.41) is 3.39. The average molecular weight is 421 g/mol. The molecule has 0 unspecified atom stereocenters. The van der Waals surface area contributed by atoms with Crippen LogP contribution in [-0.2, 0) is 30.8 Å². The van der Waals surface area contributed by atoms with Gasteiger partial charge in [0.2, 0.25) is 5.91 Å². The standard InChI is InChI=1S/C23H24N4O2S/c28-21(24-13-17-7-3-1-4-8-17)16-30-23-25-20-11-12-27(15-19(20)22(29)26-23)14-18-9-5-2-6-10-18/h1-10H,11-16H2,(H,24,28)(H,25,26,29). The lowest BCUT2D eigenvalue weighted by atomic mass is 10.1. The molecule has 0 fully saturated rings. The molecule has 1 aliphatic heterocycles. The van der Waals surface area contributed by atoms with Crippen LogP contribution >= 0.6 is 11.8 Å². The van der Waals surface area contributed by atoms with E-state index in [4.69, 9.17) is 0 Å². The summed E-state index contributed by atoms with van der Waals surface area (Å²) >= 11 is 1.26. The van der Waals surface area contributed by atoms with E-state index in [0.717, 1.165) is 36.3 Å². The molecule has 1 aliphatic rings. The Morgan fingerprint density at radius 1 is 1.07 bits per heavy atom. The number of carbonyl (C=O) groups is 1. The van der Waals surface area contributed by atoms with Gasteiger partial charge in [-0.3, -0.25) is 14.5 Å². The summed E-state index contributed by atoms with van der Waals surface area (Å²) in [5.41, 5.74) is 3.76. The molecule has 1 amide bonds. The van der Waals surface area contributed by atoms with Crippen LogP contribution in [0.25, 0.3) is 0 Å². The van der Waals surface area contributed by atoms with E-state index in [1.165, 1.54) is 17.3 Å². The maximum Gasteiger partial charge on any atom is 0.256 e. The Balaban J connectivity index is 1.33. The second-order valence-corrected chi connectivity index (χ2v) is 8.26. The molecule has 2 heterocycles. The van der Waals surface area contributed by atoms with Crippen LogP contribution in [0.15, 0.2) is 70.6 Å². The van der Waals surface area contributed by atoms with Crippen molar-refractivity contribution in [3.05, 3.63) is 93.4 Å². The second kappa shape index (κ2) is 9.73. The fraction of sp³-hybridized carbons (Fsp3) is 0.261. The minimum absolute atomic E-state index is 0.0849. The third-order valence-electron chi connectivity index (χ3n) is 5.05. The Morgan fingerprint density at radius 3 is 2.50 bits per heavy atom. The van der Waals surface area contributed by atoms with Crippen LogP contribution in [0.5, 0.6) is 0 Å². The number of rotatable bonds is 7. The van der Waals surface area contributed by atoms with Gasteiger partial charge in [-0.15, -0.1) is 0 Å². The number of H-pyrrole nitrogens is 1. The molecule has 2 N–H and O–H groups in total. The topological polar surface area (TPSA) is 78.1 Å². The molecule has 2 aromatic carbocycles. The zero-order valence-electron chi connectivity index (χ0n) is 16.6. The molecule has 6 nitrogen and oxygen atoms in total. The minimum atomic E-state index is -0.107. The molecule has 0 spiro atoms. The van der Waals surface area contributed by atoms with E-state index in [0.29, 0.717) is 18.2 Å². The highest BCUT2D eigenvalue weighted by atomic mass is 32.2. The van der Waals surface area contributed by atoms with Crippen LogP contribution in [0.4, 0.5) is 0 Å². The third-order valence-corrected chi connectivity index (χ3v) is 5.92. The van der Waals surface area contributed by atoms with Crippen LogP contribution in [0.1, 0.15) is 22.4 Å². The lowest BCUT2D eigenvalue weighted by molar-refractivity contribution is -0.118. The second-order valence-electron chi connectivity index (χ2n) is 7.29. The van der Waals surface area contributed by atoms with Crippen molar-refractivity contribution in [1.29, 1.82) is 0 Å². The molecule has 1 aromatic heterocycles.